The maximum Gasteiger partial charge on any atom is 0.360 e. The van der Waals surface area contributed by atoms with Gasteiger partial charge in [0, 0.05) is 13.2 Å². The summed E-state index contributed by atoms with van der Waals surface area (Å²) in [5.74, 6) is 0.231. The van der Waals surface area contributed by atoms with Gasteiger partial charge in [0.25, 0.3) is 0 Å². The lowest BCUT2D eigenvalue weighted by Crippen LogP contribution is -2.03. The Morgan fingerprint density at radius 3 is 2.88 bits per heavy atom. The van der Waals surface area contributed by atoms with E-state index in [1.807, 2.05) is 7.05 Å². The number of rotatable bonds is 2. The van der Waals surface area contributed by atoms with E-state index in [4.69, 9.17) is 4.42 Å². The molecule has 0 saturated heterocycles. The van der Waals surface area contributed by atoms with Gasteiger partial charge in [0.15, 0.2) is 5.69 Å². The summed E-state index contributed by atoms with van der Waals surface area (Å²) in [7, 11) is 3.14. The summed E-state index contributed by atoms with van der Waals surface area (Å²) in [6.07, 6.45) is 3.39. The van der Waals surface area contributed by atoms with Crippen molar-refractivity contribution in [2.45, 2.75) is 6.92 Å². The SMILES string of the molecule is COC(=O)c1nc(-c2cn(C)cn2)oc1C. The van der Waals surface area contributed by atoms with E-state index in [-0.39, 0.29) is 5.69 Å². The van der Waals surface area contributed by atoms with Crippen LogP contribution in [-0.2, 0) is 11.8 Å². The van der Waals surface area contributed by atoms with Crippen LogP contribution in [0.15, 0.2) is 16.9 Å². The van der Waals surface area contributed by atoms with Crippen molar-refractivity contribution in [2.75, 3.05) is 7.11 Å². The maximum atomic E-state index is 11.3. The molecule has 2 aromatic rings. The first-order valence-corrected chi connectivity index (χ1v) is 4.66. The van der Waals surface area contributed by atoms with Gasteiger partial charge in [-0.25, -0.2) is 14.8 Å². The summed E-state index contributed by atoms with van der Waals surface area (Å²) in [5.41, 5.74) is 0.768. The zero-order chi connectivity index (χ0) is 11.7. The summed E-state index contributed by atoms with van der Waals surface area (Å²) < 4.78 is 11.7. The first-order valence-electron chi connectivity index (χ1n) is 4.66. The maximum absolute atomic E-state index is 11.3. The number of oxazole rings is 1. The fraction of sp³-hybridized carbons (Fsp3) is 0.300. The molecule has 0 aliphatic heterocycles. The number of ether oxygens (including phenoxy) is 1. The number of carbonyl (C=O) groups is 1. The summed E-state index contributed by atoms with van der Waals surface area (Å²) in [6, 6.07) is 0. The van der Waals surface area contributed by atoms with Crippen LogP contribution in [0.3, 0.4) is 0 Å². The third kappa shape index (κ3) is 1.69. The summed E-state index contributed by atoms with van der Waals surface area (Å²) >= 11 is 0. The third-order valence-corrected chi connectivity index (χ3v) is 2.10. The molecule has 84 valence electrons. The molecule has 0 spiro atoms. The molecule has 0 atom stereocenters. The van der Waals surface area contributed by atoms with Crippen molar-refractivity contribution in [1.29, 1.82) is 0 Å². The molecule has 0 fully saturated rings. The second-order valence-corrected chi connectivity index (χ2v) is 3.34. The molecule has 0 bridgehead atoms. The van der Waals surface area contributed by atoms with Crippen molar-refractivity contribution in [3.8, 4) is 11.6 Å². The zero-order valence-corrected chi connectivity index (χ0v) is 9.22. The number of aryl methyl sites for hydroxylation is 2. The third-order valence-electron chi connectivity index (χ3n) is 2.10. The number of hydrogen-bond acceptors (Lipinski definition) is 5. The largest absolute Gasteiger partial charge is 0.464 e. The minimum Gasteiger partial charge on any atom is -0.464 e. The molecule has 16 heavy (non-hydrogen) atoms. The molecule has 0 aliphatic rings. The minimum atomic E-state index is -0.511. The molecule has 0 saturated carbocycles. The summed E-state index contributed by atoms with van der Waals surface area (Å²) in [6.45, 7) is 1.66. The Bertz CT molecular complexity index is 527. The van der Waals surface area contributed by atoms with Gasteiger partial charge in [0.2, 0.25) is 5.89 Å². The number of esters is 1. The van der Waals surface area contributed by atoms with Gasteiger partial charge in [-0.3, -0.25) is 0 Å². The average molecular weight is 221 g/mol. The van der Waals surface area contributed by atoms with Crippen molar-refractivity contribution in [3.63, 3.8) is 0 Å². The minimum absolute atomic E-state index is 0.183. The Hall–Kier alpha value is -2.11. The molecule has 2 heterocycles. The monoisotopic (exact) mass is 221 g/mol. The van der Waals surface area contributed by atoms with Gasteiger partial charge in [-0.2, -0.15) is 0 Å². The van der Waals surface area contributed by atoms with E-state index in [0.29, 0.717) is 17.3 Å². The van der Waals surface area contributed by atoms with E-state index in [1.54, 1.807) is 24.0 Å². The number of aromatic nitrogens is 3. The molecule has 0 amide bonds. The number of carbonyl (C=O) groups excluding carboxylic acids is 1. The van der Waals surface area contributed by atoms with Gasteiger partial charge in [-0.15, -0.1) is 0 Å². The van der Waals surface area contributed by atoms with E-state index in [1.165, 1.54) is 7.11 Å². The Morgan fingerprint density at radius 1 is 1.56 bits per heavy atom. The second kappa shape index (κ2) is 3.80. The molecular formula is C10H11N3O3. The van der Waals surface area contributed by atoms with Crippen molar-refractivity contribution in [2.24, 2.45) is 7.05 Å². The second-order valence-electron chi connectivity index (χ2n) is 3.34. The van der Waals surface area contributed by atoms with Crippen LogP contribution in [-0.4, -0.2) is 27.6 Å². The molecule has 2 aromatic heterocycles. The Labute approximate surface area is 91.9 Å². The highest BCUT2D eigenvalue weighted by Crippen LogP contribution is 2.20. The van der Waals surface area contributed by atoms with E-state index < -0.39 is 5.97 Å². The highest BCUT2D eigenvalue weighted by atomic mass is 16.5. The fourth-order valence-corrected chi connectivity index (χ4v) is 1.32. The lowest BCUT2D eigenvalue weighted by Gasteiger charge is -1.91. The molecule has 0 radical (unpaired) electrons. The van der Waals surface area contributed by atoms with Crippen LogP contribution in [0.5, 0.6) is 0 Å². The number of nitrogens with zero attached hydrogens (tertiary/aromatic N) is 3. The Balaban J connectivity index is 2.41. The summed E-state index contributed by atoms with van der Waals surface area (Å²) in [5, 5.41) is 0. The van der Waals surface area contributed by atoms with Crippen molar-refractivity contribution < 1.29 is 13.9 Å². The molecule has 6 nitrogen and oxygen atoms in total. The zero-order valence-electron chi connectivity index (χ0n) is 9.22. The van der Waals surface area contributed by atoms with E-state index in [0.717, 1.165) is 0 Å². The summed E-state index contributed by atoms with van der Waals surface area (Å²) in [4.78, 5) is 19.4. The predicted molar refractivity (Wildman–Crippen MR) is 54.8 cm³/mol. The van der Waals surface area contributed by atoms with E-state index in [2.05, 4.69) is 14.7 Å². The molecule has 2 rings (SSSR count). The van der Waals surface area contributed by atoms with Gasteiger partial charge in [-0.05, 0) is 6.92 Å². The quantitative estimate of drug-likeness (QED) is 0.712. The molecule has 0 aliphatic carbocycles. The lowest BCUT2D eigenvalue weighted by molar-refractivity contribution is 0.0593. The van der Waals surface area contributed by atoms with E-state index >= 15 is 0 Å². The van der Waals surface area contributed by atoms with Gasteiger partial charge < -0.3 is 13.7 Å². The number of methoxy groups -OCH3 is 1. The van der Waals surface area contributed by atoms with Gasteiger partial charge >= 0.3 is 5.97 Å². The van der Waals surface area contributed by atoms with Crippen molar-refractivity contribution in [1.82, 2.24) is 14.5 Å². The predicted octanol–water partition coefficient (Wildman–Crippen LogP) is 1.17. The number of hydrogen-bond donors (Lipinski definition) is 0. The van der Waals surface area contributed by atoms with Gasteiger partial charge in [-0.1, -0.05) is 0 Å². The molecule has 0 unspecified atom stereocenters. The van der Waals surface area contributed by atoms with Crippen LogP contribution >= 0.6 is 0 Å². The average Bonchev–Trinajstić information content (AvgIpc) is 2.83. The first kappa shape index (κ1) is 10.4. The fourth-order valence-electron chi connectivity index (χ4n) is 1.32. The van der Waals surface area contributed by atoms with Crippen LogP contribution in [0.4, 0.5) is 0 Å². The molecule has 0 N–H and O–H groups in total. The topological polar surface area (TPSA) is 70.2 Å². The van der Waals surface area contributed by atoms with Crippen LogP contribution < -0.4 is 0 Å². The van der Waals surface area contributed by atoms with Gasteiger partial charge in [0.05, 0.1) is 13.4 Å². The van der Waals surface area contributed by atoms with Crippen LogP contribution in [0.2, 0.25) is 0 Å². The van der Waals surface area contributed by atoms with Crippen molar-refractivity contribution in [3.05, 3.63) is 24.0 Å². The molecule has 0 aromatic carbocycles. The van der Waals surface area contributed by atoms with E-state index in [9.17, 15) is 4.79 Å². The smallest absolute Gasteiger partial charge is 0.360 e. The van der Waals surface area contributed by atoms with Gasteiger partial charge in [0.1, 0.15) is 11.5 Å². The Morgan fingerprint density at radius 2 is 2.31 bits per heavy atom. The van der Waals surface area contributed by atoms with Crippen LogP contribution in [0, 0.1) is 6.92 Å². The standard InChI is InChI=1S/C10H11N3O3/c1-6-8(10(14)15-3)12-9(16-6)7-4-13(2)5-11-7/h4-5H,1-3H3. The normalized spacial score (nSPS) is 10.4. The van der Waals surface area contributed by atoms with Crippen molar-refractivity contribution >= 4 is 5.97 Å². The Kier molecular flexibility index (Phi) is 2.47. The highest BCUT2D eigenvalue weighted by molar-refractivity contribution is 5.88. The molecule has 6 heteroatoms. The molecular weight excluding hydrogens is 210 g/mol. The highest BCUT2D eigenvalue weighted by Gasteiger charge is 2.19. The lowest BCUT2D eigenvalue weighted by atomic mass is 10.4. The first-order chi connectivity index (χ1) is 7.61. The van der Waals surface area contributed by atoms with Crippen LogP contribution in [0.1, 0.15) is 16.2 Å². The van der Waals surface area contributed by atoms with Crippen LogP contribution in [0.25, 0.3) is 11.6 Å². The number of imidazole rings is 1.